The van der Waals surface area contributed by atoms with Crippen LogP contribution < -0.4 is 9.46 Å². The molecule has 0 saturated carbocycles. The highest BCUT2D eigenvalue weighted by molar-refractivity contribution is 7.92. The number of ether oxygens (including phenoxy) is 2. The molecule has 48 heavy (non-hydrogen) atoms. The number of halogens is 1. The molecule has 1 aliphatic rings. The molecule has 0 fully saturated rings. The largest absolute Gasteiger partial charge is 0.490 e. The van der Waals surface area contributed by atoms with E-state index in [9.17, 15) is 31.1 Å². The molecule has 1 heterocycles. The van der Waals surface area contributed by atoms with Gasteiger partial charge in [0, 0.05) is 38.3 Å². The van der Waals surface area contributed by atoms with Crippen LogP contribution in [-0.2, 0) is 24.8 Å². The molecule has 0 aliphatic carbocycles. The molecular weight excluding hydrogens is 662 g/mol. The van der Waals surface area contributed by atoms with Gasteiger partial charge in [0.05, 0.1) is 40.2 Å². The Morgan fingerprint density at radius 1 is 1.00 bits per heavy atom. The summed E-state index contributed by atoms with van der Waals surface area (Å²) >= 11 is 0. The molecule has 262 valence electrons. The zero-order valence-electron chi connectivity index (χ0n) is 27.6. The van der Waals surface area contributed by atoms with Gasteiger partial charge in [-0.3, -0.25) is 9.52 Å². The highest BCUT2D eigenvalue weighted by Gasteiger charge is 2.32. The summed E-state index contributed by atoms with van der Waals surface area (Å²) in [5.74, 6) is -1.24. The summed E-state index contributed by atoms with van der Waals surface area (Å²) in [5.41, 5.74) is 0.161. The molecule has 2 N–H and O–H groups in total. The van der Waals surface area contributed by atoms with Gasteiger partial charge in [-0.2, -0.15) is 4.31 Å². The van der Waals surface area contributed by atoms with Crippen LogP contribution in [0, 0.1) is 11.7 Å². The lowest BCUT2D eigenvalue weighted by atomic mass is 10.0. The second-order valence-electron chi connectivity index (χ2n) is 12.2. The van der Waals surface area contributed by atoms with Crippen molar-refractivity contribution in [2.24, 2.45) is 5.92 Å². The SMILES string of the molecule is C[C@@H]1CCCCO[C@@H](CN(C)S(=O)(=O)c2ccccc2)[C@@H](C)CN([C@H](C)CO)C(=O)c2cc(NS(=O)(=O)c3ccc(F)cc3)ccc2O1. The van der Waals surface area contributed by atoms with E-state index in [4.69, 9.17) is 9.47 Å². The van der Waals surface area contributed by atoms with Crippen molar-refractivity contribution >= 4 is 31.6 Å². The van der Waals surface area contributed by atoms with Crippen molar-refractivity contribution in [2.75, 3.05) is 38.1 Å². The number of anilines is 1. The number of carbonyl (C=O) groups is 1. The molecule has 11 nitrogen and oxygen atoms in total. The van der Waals surface area contributed by atoms with E-state index in [1.807, 2.05) is 13.8 Å². The number of benzene rings is 3. The summed E-state index contributed by atoms with van der Waals surface area (Å²) in [7, 11) is -6.44. The second-order valence-corrected chi connectivity index (χ2v) is 15.9. The monoisotopic (exact) mass is 705 g/mol. The first-order valence-corrected chi connectivity index (χ1v) is 18.8. The van der Waals surface area contributed by atoms with Crippen LogP contribution in [-0.4, -0.2) is 88.7 Å². The predicted octanol–water partition coefficient (Wildman–Crippen LogP) is 4.74. The molecule has 0 unspecified atom stereocenters. The van der Waals surface area contributed by atoms with Crippen molar-refractivity contribution in [1.29, 1.82) is 0 Å². The molecule has 0 saturated heterocycles. The van der Waals surface area contributed by atoms with Gasteiger partial charge >= 0.3 is 0 Å². The number of aliphatic hydroxyl groups is 1. The molecule has 4 rings (SSSR count). The van der Waals surface area contributed by atoms with Crippen LogP contribution in [0.25, 0.3) is 0 Å². The minimum atomic E-state index is -4.12. The zero-order valence-corrected chi connectivity index (χ0v) is 29.2. The second kappa shape index (κ2) is 16.2. The zero-order chi connectivity index (χ0) is 35.1. The van der Waals surface area contributed by atoms with Crippen molar-refractivity contribution in [3.8, 4) is 5.75 Å². The lowest BCUT2D eigenvalue weighted by Gasteiger charge is -2.35. The number of rotatable bonds is 9. The summed E-state index contributed by atoms with van der Waals surface area (Å²) < 4.78 is 82.5. The quantitative estimate of drug-likeness (QED) is 0.325. The summed E-state index contributed by atoms with van der Waals surface area (Å²) in [6.45, 7) is 5.53. The highest BCUT2D eigenvalue weighted by atomic mass is 32.2. The van der Waals surface area contributed by atoms with Gasteiger partial charge in [0.15, 0.2) is 0 Å². The predicted molar refractivity (Wildman–Crippen MR) is 180 cm³/mol. The van der Waals surface area contributed by atoms with Crippen LogP contribution in [0.3, 0.4) is 0 Å². The Labute approximate surface area is 282 Å². The minimum Gasteiger partial charge on any atom is -0.490 e. The molecular formula is C34H44FN3O8S2. The number of likely N-dealkylation sites (N-methyl/N-ethyl adjacent to an activating group) is 1. The topological polar surface area (TPSA) is 143 Å². The van der Waals surface area contributed by atoms with Crippen molar-refractivity contribution in [3.63, 3.8) is 0 Å². The third-order valence-corrected chi connectivity index (χ3v) is 11.6. The number of amides is 1. The Morgan fingerprint density at radius 2 is 1.69 bits per heavy atom. The molecule has 0 radical (unpaired) electrons. The van der Waals surface area contributed by atoms with Crippen LogP contribution >= 0.6 is 0 Å². The smallest absolute Gasteiger partial charge is 0.261 e. The molecule has 0 bridgehead atoms. The molecule has 0 spiro atoms. The average Bonchev–Trinajstić information content (AvgIpc) is 3.06. The molecule has 4 atom stereocenters. The number of aliphatic hydroxyl groups excluding tert-OH is 1. The normalized spacial score (nSPS) is 20.8. The van der Waals surface area contributed by atoms with Crippen molar-refractivity contribution < 1.29 is 40.6 Å². The molecule has 1 amide bonds. The van der Waals surface area contributed by atoms with Gasteiger partial charge in [0.2, 0.25) is 10.0 Å². The van der Waals surface area contributed by atoms with Crippen LogP contribution in [0.15, 0.2) is 82.6 Å². The number of carbonyl (C=O) groups excluding carboxylic acids is 1. The Kier molecular flexibility index (Phi) is 12.6. The number of hydrogen-bond donors (Lipinski definition) is 2. The van der Waals surface area contributed by atoms with Gasteiger partial charge in [-0.05, 0) is 87.7 Å². The molecule has 3 aromatic carbocycles. The maximum atomic E-state index is 14.3. The van der Waals surface area contributed by atoms with Gasteiger partial charge < -0.3 is 19.5 Å². The minimum absolute atomic E-state index is 0.0271. The summed E-state index contributed by atoms with van der Waals surface area (Å²) in [4.78, 5) is 15.8. The number of nitrogens with zero attached hydrogens (tertiary/aromatic N) is 2. The Hall–Kier alpha value is -3.56. The number of hydrogen-bond acceptors (Lipinski definition) is 8. The standard InChI is InChI=1S/C34H44FN3O8S2/c1-24-21-38(25(2)23-39)34(40)31-20-28(36-47(41,42)29-16-13-27(35)14-17-29)15-18-32(31)46-26(3)10-8-9-19-45-33(24)22-37(4)48(43,44)30-11-6-5-7-12-30/h5-7,11-18,20,24-26,33,36,39H,8-10,19,21-23H2,1-4H3/t24-,25+,26+,33-/m0/s1. The average molecular weight is 706 g/mol. The number of sulfonamides is 2. The lowest BCUT2D eigenvalue weighted by molar-refractivity contribution is -0.00833. The van der Waals surface area contributed by atoms with E-state index in [-0.39, 0.29) is 58.5 Å². The maximum absolute atomic E-state index is 14.3. The van der Waals surface area contributed by atoms with E-state index in [0.29, 0.717) is 19.4 Å². The van der Waals surface area contributed by atoms with E-state index >= 15 is 0 Å². The molecule has 14 heteroatoms. The summed E-state index contributed by atoms with van der Waals surface area (Å²) in [6.07, 6.45) is 1.17. The van der Waals surface area contributed by atoms with E-state index in [2.05, 4.69) is 4.72 Å². The first-order valence-electron chi connectivity index (χ1n) is 15.9. The Bertz CT molecular complexity index is 1740. The van der Waals surface area contributed by atoms with Crippen LogP contribution in [0.4, 0.5) is 10.1 Å². The number of nitrogens with one attached hydrogen (secondary N) is 1. The van der Waals surface area contributed by atoms with E-state index in [1.165, 1.54) is 46.6 Å². The molecule has 1 aliphatic heterocycles. The first-order chi connectivity index (χ1) is 22.7. The Morgan fingerprint density at radius 3 is 2.35 bits per heavy atom. The van der Waals surface area contributed by atoms with Gasteiger partial charge in [0.1, 0.15) is 11.6 Å². The fourth-order valence-electron chi connectivity index (χ4n) is 5.40. The van der Waals surface area contributed by atoms with E-state index < -0.39 is 43.9 Å². The lowest BCUT2D eigenvalue weighted by Crippen LogP contribution is -2.48. The third-order valence-electron chi connectivity index (χ3n) is 8.32. The molecule has 0 aromatic heterocycles. The van der Waals surface area contributed by atoms with Crippen molar-refractivity contribution in [3.05, 3.63) is 84.2 Å². The molecule has 3 aromatic rings. The third kappa shape index (κ3) is 9.32. The fraction of sp³-hybridized carbons (Fsp3) is 0.441. The van der Waals surface area contributed by atoms with Crippen LogP contribution in [0.5, 0.6) is 5.75 Å². The van der Waals surface area contributed by atoms with Gasteiger partial charge in [0.25, 0.3) is 15.9 Å². The van der Waals surface area contributed by atoms with E-state index in [1.54, 1.807) is 25.1 Å². The van der Waals surface area contributed by atoms with Crippen molar-refractivity contribution in [2.45, 2.75) is 68.1 Å². The fourth-order valence-corrected chi connectivity index (χ4v) is 7.65. The van der Waals surface area contributed by atoms with Gasteiger partial charge in [-0.15, -0.1) is 0 Å². The van der Waals surface area contributed by atoms with Crippen LogP contribution in [0.2, 0.25) is 0 Å². The maximum Gasteiger partial charge on any atom is 0.261 e. The summed E-state index contributed by atoms with van der Waals surface area (Å²) in [5, 5.41) is 10.2. The first kappa shape index (κ1) is 37.3. The number of fused-ring (bicyclic) bond motifs is 1. The van der Waals surface area contributed by atoms with Crippen LogP contribution in [0.1, 0.15) is 50.4 Å². The summed E-state index contributed by atoms with van der Waals surface area (Å²) in [6, 6.07) is 16.2. The van der Waals surface area contributed by atoms with E-state index in [0.717, 1.165) is 30.7 Å². The van der Waals surface area contributed by atoms with Gasteiger partial charge in [-0.25, -0.2) is 21.2 Å². The van der Waals surface area contributed by atoms with Gasteiger partial charge in [-0.1, -0.05) is 25.1 Å². The highest BCUT2D eigenvalue weighted by Crippen LogP contribution is 2.30. The Balaban J connectivity index is 1.68. The van der Waals surface area contributed by atoms with Crippen molar-refractivity contribution in [1.82, 2.24) is 9.21 Å².